The SMILES string of the molecule is CC(F)(C(F)(F)F)C(F)(F)C(F)(OC(F)(F)C(F)(OC(F)(F)C(F)(F)C(F)(F)F)C(F)(F)F)C(F)(F)F. The number of rotatable bonds is 8. The molecule has 0 amide bonds. The van der Waals surface area contributed by atoms with Gasteiger partial charge in [0.15, 0.2) is 0 Å². The molecule has 0 bridgehead atoms. The quantitative estimate of drug-likeness (QED) is 0.260. The van der Waals surface area contributed by atoms with Crippen LogP contribution in [0.25, 0.3) is 0 Å². The molecule has 0 saturated carbocycles. The summed E-state index contributed by atoms with van der Waals surface area (Å²) in [4.78, 5) is 0. The van der Waals surface area contributed by atoms with E-state index >= 15 is 0 Å². The van der Waals surface area contributed by atoms with Crippen LogP contribution in [0.3, 0.4) is 0 Å². The van der Waals surface area contributed by atoms with E-state index in [1.54, 1.807) is 0 Å². The molecule has 0 aliphatic rings. The first-order chi connectivity index (χ1) is 15.4. The fraction of sp³-hybridized carbons (Fsp3) is 1.00. The topological polar surface area (TPSA) is 18.5 Å². The molecule has 0 saturated heterocycles. The Kier molecular flexibility index (Phi) is 8.26. The molecule has 25 heteroatoms. The normalized spacial score (nSPS) is 20.8. The van der Waals surface area contributed by atoms with E-state index < -0.39 is 73.1 Å². The van der Waals surface area contributed by atoms with Crippen molar-refractivity contribution in [3.05, 3.63) is 0 Å². The molecule has 3 atom stereocenters. The van der Waals surface area contributed by atoms with E-state index in [0.717, 1.165) is 9.47 Å². The van der Waals surface area contributed by atoms with Crippen molar-refractivity contribution in [2.24, 2.45) is 0 Å². The van der Waals surface area contributed by atoms with Crippen molar-refractivity contribution >= 4 is 0 Å². The third kappa shape index (κ3) is 5.29. The molecule has 0 aliphatic carbocycles. The highest BCUT2D eigenvalue weighted by molar-refractivity contribution is 5.08. The van der Waals surface area contributed by atoms with Crippen molar-refractivity contribution in [1.29, 1.82) is 0 Å². The molecule has 37 heavy (non-hydrogen) atoms. The van der Waals surface area contributed by atoms with Gasteiger partial charge in [0.1, 0.15) is 0 Å². The molecule has 0 rings (SSSR count). The molecular formula is C12H3F23O2. The minimum atomic E-state index is -8.67. The Hall–Kier alpha value is -1.69. The van der Waals surface area contributed by atoms with E-state index in [1.165, 1.54) is 0 Å². The third-order valence-electron chi connectivity index (χ3n) is 3.89. The van der Waals surface area contributed by atoms with Gasteiger partial charge in [0.2, 0.25) is 0 Å². The van der Waals surface area contributed by atoms with Gasteiger partial charge < -0.3 is 0 Å². The Morgan fingerprint density at radius 1 is 0.324 bits per heavy atom. The van der Waals surface area contributed by atoms with Gasteiger partial charge in [-0.15, -0.1) is 0 Å². The highest BCUT2D eigenvalue weighted by Gasteiger charge is 2.90. The van der Waals surface area contributed by atoms with Gasteiger partial charge in [0.25, 0.3) is 5.67 Å². The Morgan fingerprint density at radius 3 is 0.865 bits per heavy atom. The van der Waals surface area contributed by atoms with Crippen LogP contribution in [0, 0.1) is 0 Å². The van der Waals surface area contributed by atoms with Gasteiger partial charge >= 0.3 is 60.5 Å². The minimum Gasteiger partial charge on any atom is -0.265 e. The first-order valence-corrected chi connectivity index (χ1v) is 7.66. The van der Waals surface area contributed by atoms with Crippen molar-refractivity contribution in [3.8, 4) is 0 Å². The highest BCUT2D eigenvalue weighted by Crippen LogP contribution is 2.61. The number of halogens is 23. The predicted molar refractivity (Wildman–Crippen MR) is 63.4 cm³/mol. The summed E-state index contributed by atoms with van der Waals surface area (Å²) in [5.41, 5.74) is -7.09. The maximum absolute atomic E-state index is 14.0. The first kappa shape index (κ1) is 35.3. The summed E-state index contributed by atoms with van der Waals surface area (Å²) >= 11 is 0. The summed E-state index contributed by atoms with van der Waals surface area (Å²) in [7, 11) is 0. The van der Waals surface area contributed by atoms with Crippen LogP contribution in [-0.4, -0.2) is 66.1 Å². The molecule has 0 aromatic carbocycles. The molecule has 0 N–H and O–H groups in total. The zero-order chi connectivity index (χ0) is 30.9. The van der Waals surface area contributed by atoms with Gasteiger partial charge in [0, 0.05) is 0 Å². The Morgan fingerprint density at radius 2 is 0.622 bits per heavy atom. The second kappa shape index (κ2) is 8.66. The fourth-order valence-electron chi connectivity index (χ4n) is 1.71. The molecule has 224 valence electrons. The summed E-state index contributed by atoms with van der Waals surface area (Å²) < 4.78 is 298. The second-order valence-corrected chi connectivity index (χ2v) is 6.57. The molecule has 0 spiro atoms. The van der Waals surface area contributed by atoms with Crippen LogP contribution in [0.5, 0.6) is 0 Å². The lowest BCUT2D eigenvalue weighted by Crippen LogP contribution is -2.73. The van der Waals surface area contributed by atoms with Crippen molar-refractivity contribution in [2.75, 3.05) is 0 Å². The Bertz CT molecular complexity index is 814. The van der Waals surface area contributed by atoms with Gasteiger partial charge in [-0.05, 0) is 6.92 Å². The molecule has 2 nitrogen and oxygen atoms in total. The van der Waals surface area contributed by atoms with Gasteiger partial charge in [-0.1, -0.05) is 0 Å². The number of hydrogen-bond acceptors (Lipinski definition) is 2. The predicted octanol–water partition coefficient (Wildman–Crippen LogP) is 7.78. The standard InChI is InChI=1S/C12H3F23O2/c1-2(13,7(20,21)22)3(14,15)5(18,9(26,27)28)36-12(34,35)6(19,10(29,30)31)37-11(32,33)4(16,17)8(23,24)25/h1H3. The summed E-state index contributed by atoms with van der Waals surface area (Å²) in [6.07, 6.45) is -48.9. The Labute approximate surface area is 185 Å². The van der Waals surface area contributed by atoms with Crippen LogP contribution in [0.1, 0.15) is 6.92 Å². The van der Waals surface area contributed by atoms with Crippen LogP contribution in [0.4, 0.5) is 101 Å². The molecule has 0 aromatic rings. The molecule has 0 fully saturated rings. The summed E-state index contributed by atoms with van der Waals surface area (Å²) in [6, 6.07) is 0. The van der Waals surface area contributed by atoms with E-state index in [2.05, 4.69) is 0 Å². The third-order valence-corrected chi connectivity index (χ3v) is 3.89. The summed E-state index contributed by atoms with van der Waals surface area (Å²) in [5.74, 6) is -33.6. The second-order valence-electron chi connectivity index (χ2n) is 6.57. The minimum absolute atomic E-state index is 1.01. The zero-order valence-electron chi connectivity index (χ0n) is 16.0. The van der Waals surface area contributed by atoms with Crippen molar-refractivity contribution < 1.29 is 110 Å². The lowest BCUT2D eigenvalue weighted by Gasteiger charge is -2.44. The summed E-state index contributed by atoms with van der Waals surface area (Å²) in [6.45, 7) is -1.77. The fourth-order valence-corrected chi connectivity index (χ4v) is 1.71. The van der Waals surface area contributed by atoms with Gasteiger partial charge in [0.05, 0.1) is 0 Å². The molecular weight excluding hydrogens is 613 g/mol. The summed E-state index contributed by atoms with van der Waals surface area (Å²) in [5, 5.41) is 0. The van der Waals surface area contributed by atoms with E-state index in [4.69, 9.17) is 0 Å². The van der Waals surface area contributed by atoms with E-state index in [-0.39, 0.29) is 0 Å². The van der Waals surface area contributed by atoms with Crippen LogP contribution in [0.15, 0.2) is 0 Å². The van der Waals surface area contributed by atoms with Crippen LogP contribution in [-0.2, 0) is 9.47 Å². The van der Waals surface area contributed by atoms with Gasteiger partial charge in [-0.25, -0.2) is 4.39 Å². The first-order valence-electron chi connectivity index (χ1n) is 7.66. The van der Waals surface area contributed by atoms with E-state index in [1.807, 2.05) is 0 Å². The number of ether oxygens (including phenoxy) is 2. The largest absolute Gasteiger partial charge is 0.462 e. The van der Waals surface area contributed by atoms with E-state index in [9.17, 15) is 101 Å². The zero-order valence-corrected chi connectivity index (χ0v) is 16.0. The maximum atomic E-state index is 14.0. The molecule has 3 unspecified atom stereocenters. The lowest BCUT2D eigenvalue weighted by molar-refractivity contribution is -0.565. The van der Waals surface area contributed by atoms with E-state index in [0.29, 0.717) is 0 Å². The maximum Gasteiger partial charge on any atom is 0.462 e. The van der Waals surface area contributed by atoms with Crippen LogP contribution >= 0.6 is 0 Å². The molecule has 0 aromatic heterocycles. The number of alkyl halides is 23. The molecule has 0 heterocycles. The lowest BCUT2D eigenvalue weighted by atomic mass is 9.92. The van der Waals surface area contributed by atoms with Crippen LogP contribution < -0.4 is 0 Å². The monoisotopic (exact) mass is 616 g/mol. The van der Waals surface area contributed by atoms with Crippen LogP contribution in [0.2, 0.25) is 0 Å². The smallest absolute Gasteiger partial charge is 0.265 e. The average Bonchev–Trinajstić information content (AvgIpc) is 2.56. The van der Waals surface area contributed by atoms with Gasteiger partial charge in [-0.3, -0.25) is 9.47 Å². The highest BCUT2D eigenvalue weighted by atomic mass is 19.4. The van der Waals surface area contributed by atoms with Crippen molar-refractivity contribution in [2.45, 2.75) is 73.1 Å². The molecule has 0 aliphatic heterocycles. The molecule has 0 radical (unpaired) electrons. The average molecular weight is 616 g/mol. The number of hydrogen-bond donors (Lipinski definition) is 0. The van der Waals surface area contributed by atoms with Crippen molar-refractivity contribution in [1.82, 2.24) is 0 Å². The Balaban J connectivity index is 7.24. The van der Waals surface area contributed by atoms with Crippen molar-refractivity contribution in [3.63, 3.8) is 0 Å². The van der Waals surface area contributed by atoms with Gasteiger partial charge in [-0.2, -0.15) is 96.6 Å².